The van der Waals surface area contributed by atoms with Crippen LogP contribution in [0.2, 0.25) is 0 Å². The SMILES string of the molecule is N=C(c1ccccc1SCCO)n1cc(F)ccc1=N. The maximum atomic E-state index is 13.3. The van der Waals surface area contributed by atoms with Gasteiger partial charge in [0.15, 0.2) is 0 Å². The van der Waals surface area contributed by atoms with E-state index in [9.17, 15) is 4.39 Å². The summed E-state index contributed by atoms with van der Waals surface area (Å²) < 4.78 is 14.5. The Balaban J connectivity index is 2.43. The molecule has 0 fully saturated rings. The molecule has 3 N–H and O–H groups in total. The van der Waals surface area contributed by atoms with E-state index in [4.69, 9.17) is 15.9 Å². The van der Waals surface area contributed by atoms with Crippen molar-refractivity contribution in [1.29, 1.82) is 10.8 Å². The van der Waals surface area contributed by atoms with Crippen LogP contribution in [-0.2, 0) is 0 Å². The lowest BCUT2D eigenvalue weighted by Gasteiger charge is -2.12. The van der Waals surface area contributed by atoms with Crippen LogP contribution >= 0.6 is 11.8 Å². The minimum absolute atomic E-state index is 0.0375. The number of rotatable bonds is 4. The Hall–Kier alpha value is -1.92. The summed E-state index contributed by atoms with van der Waals surface area (Å²) in [5.41, 5.74) is 0.647. The van der Waals surface area contributed by atoms with E-state index in [1.807, 2.05) is 12.1 Å². The molecule has 0 bridgehead atoms. The molecule has 0 spiro atoms. The predicted molar refractivity (Wildman–Crippen MR) is 76.7 cm³/mol. The Labute approximate surface area is 119 Å². The van der Waals surface area contributed by atoms with Crippen molar-refractivity contribution in [3.05, 3.63) is 59.5 Å². The average molecular weight is 291 g/mol. The zero-order chi connectivity index (χ0) is 14.5. The van der Waals surface area contributed by atoms with Crippen molar-refractivity contribution in [1.82, 2.24) is 4.57 Å². The smallest absolute Gasteiger partial charge is 0.140 e. The molecule has 1 heterocycles. The fourth-order valence-corrected chi connectivity index (χ4v) is 2.54. The highest BCUT2D eigenvalue weighted by molar-refractivity contribution is 7.99. The molecule has 0 radical (unpaired) electrons. The second-order valence-electron chi connectivity index (χ2n) is 4.02. The summed E-state index contributed by atoms with van der Waals surface area (Å²) in [7, 11) is 0. The Bertz CT molecular complexity index is 684. The van der Waals surface area contributed by atoms with E-state index in [0.717, 1.165) is 11.1 Å². The van der Waals surface area contributed by atoms with E-state index in [2.05, 4.69) is 0 Å². The Kier molecular flexibility index (Phi) is 4.70. The lowest BCUT2D eigenvalue weighted by atomic mass is 10.2. The lowest BCUT2D eigenvalue weighted by molar-refractivity contribution is 0.322. The van der Waals surface area contributed by atoms with Gasteiger partial charge in [-0.1, -0.05) is 18.2 Å². The van der Waals surface area contributed by atoms with E-state index in [0.29, 0.717) is 11.3 Å². The van der Waals surface area contributed by atoms with E-state index < -0.39 is 5.82 Å². The van der Waals surface area contributed by atoms with Gasteiger partial charge in [-0.3, -0.25) is 15.4 Å². The molecule has 0 saturated heterocycles. The number of hydrogen-bond donors (Lipinski definition) is 3. The normalized spacial score (nSPS) is 10.5. The van der Waals surface area contributed by atoms with Crippen molar-refractivity contribution >= 4 is 17.6 Å². The van der Waals surface area contributed by atoms with Crippen LogP contribution in [0.15, 0.2) is 47.5 Å². The number of nitrogens with zero attached hydrogens (tertiary/aromatic N) is 1. The van der Waals surface area contributed by atoms with Gasteiger partial charge in [0.1, 0.15) is 17.1 Å². The quantitative estimate of drug-likeness (QED) is 0.458. The molecule has 104 valence electrons. The molecule has 0 aliphatic carbocycles. The van der Waals surface area contributed by atoms with Gasteiger partial charge in [0, 0.05) is 22.4 Å². The topological polar surface area (TPSA) is 72.9 Å². The standard InChI is InChI=1S/C14H14FN3OS/c15-10-5-6-13(16)18(9-10)14(17)11-3-1-2-4-12(11)20-8-7-19/h1-6,9,16-17,19H,7-8H2. The van der Waals surface area contributed by atoms with Crippen LogP contribution in [0.25, 0.3) is 0 Å². The minimum atomic E-state index is -0.494. The van der Waals surface area contributed by atoms with Crippen molar-refractivity contribution in [3.63, 3.8) is 0 Å². The number of aliphatic hydroxyl groups is 1. The van der Waals surface area contributed by atoms with Gasteiger partial charge in [-0.05, 0) is 18.2 Å². The fraction of sp³-hybridized carbons (Fsp3) is 0.143. The van der Waals surface area contributed by atoms with Gasteiger partial charge < -0.3 is 5.11 Å². The lowest BCUT2D eigenvalue weighted by Crippen LogP contribution is -2.27. The summed E-state index contributed by atoms with van der Waals surface area (Å²) in [6.07, 6.45) is 1.12. The highest BCUT2D eigenvalue weighted by Crippen LogP contribution is 2.22. The zero-order valence-corrected chi connectivity index (χ0v) is 11.5. The minimum Gasteiger partial charge on any atom is -0.396 e. The average Bonchev–Trinajstić information content (AvgIpc) is 2.47. The molecule has 0 unspecified atom stereocenters. The molecular formula is C14H14FN3OS. The number of nitrogens with one attached hydrogen (secondary N) is 2. The van der Waals surface area contributed by atoms with Crippen LogP contribution in [0.5, 0.6) is 0 Å². The molecule has 0 atom stereocenters. The van der Waals surface area contributed by atoms with E-state index >= 15 is 0 Å². The second kappa shape index (κ2) is 6.49. The molecule has 2 rings (SSSR count). The number of benzene rings is 1. The second-order valence-corrected chi connectivity index (χ2v) is 5.16. The zero-order valence-electron chi connectivity index (χ0n) is 10.6. The highest BCUT2D eigenvalue weighted by atomic mass is 32.2. The maximum Gasteiger partial charge on any atom is 0.140 e. The molecule has 0 aliphatic rings. The number of thioether (sulfide) groups is 1. The first-order valence-corrected chi connectivity index (χ1v) is 6.97. The molecule has 20 heavy (non-hydrogen) atoms. The van der Waals surface area contributed by atoms with Gasteiger partial charge in [0.2, 0.25) is 0 Å². The molecule has 0 saturated carbocycles. The number of aromatic nitrogens is 1. The van der Waals surface area contributed by atoms with Crippen LogP contribution in [0.4, 0.5) is 4.39 Å². The highest BCUT2D eigenvalue weighted by Gasteiger charge is 2.10. The number of halogens is 1. The van der Waals surface area contributed by atoms with Crippen molar-refractivity contribution in [3.8, 4) is 0 Å². The molecule has 0 amide bonds. The third-order valence-corrected chi connectivity index (χ3v) is 3.70. The molecule has 4 nitrogen and oxygen atoms in total. The van der Waals surface area contributed by atoms with E-state index in [-0.39, 0.29) is 17.9 Å². The summed E-state index contributed by atoms with van der Waals surface area (Å²) in [6, 6.07) is 9.73. The van der Waals surface area contributed by atoms with Crippen LogP contribution < -0.4 is 5.49 Å². The first-order valence-electron chi connectivity index (χ1n) is 5.98. The summed E-state index contributed by atoms with van der Waals surface area (Å²) in [6.45, 7) is 0.0448. The predicted octanol–water partition coefficient (Wildman–Crippen LogP) is 2.06. The van der Waals surface area contributed by atoms with Gasteiger partial charge >= 0.3 is 0 Å². The Morgan fingerprint density at radius 1 is 1.25 bits per heavy atom. The summed E-state index contributed by atoms with van der Waals surface area (Å²) in [5.74, 6) is 0.0630. The van der Waals surface area contributed by atoms with Gasteiger partial charge in [-0.25, -0.2) is 4.39 Å². The molecule has 1 aromatic carbocycles. The summed E-state index contributed by atoms with van der Waals surface area (Å²) >= 11 is 1.42. The molecule has 1 aromatic heterocycles. The monoisotopic (exact) mass is 291 g/mol. The van der Waals surface area contributed by atoms with Crippen molar-refractivity contribution in [2.45, 2.75) is 4.90 Å². The molecular weight excluding hydrogens is 277 g/mol. The maximum absolute atomic E-state index is 13.3. The third kappa shape index (κ3) is 3.15. The van der Waals surface area contributed by atoms with E-state index in [1.54, 1.807) is 12.1 Å². The van der Waals surface area contributed by atoms with Gasteiger partial charge in [-0.2, -0.15) is 0 Å². The van der Waals surface area contributed by atoms with Crippen molar-refractivity contribution < 1.29 is 9.50 Å². The molecule has 6 heteroatoms. The first-order chi connectivity index (χ1) is 9.63. The van der Waals surface area contributed by atoms with Crippen LogP contribution in [0.1, 0.15) is 5.56 Å². The number of pyridine rings is 1. The van der Waals surface area contributed by atoms with Crippen molar-refractivity contribution in [2.75, 3.05) is 12.4 Å². The third-order valence-electron chi connectivity index (χ3n) is 2.64. The van der Waals surface area contributed by atoms with Gasteiger partial charge in [0.25, 0.3) is 0 Å². The number of aliphatic hydroxyl groups excluding tert-OH is 1. The van der Waals surface area contributed by atoms with Crippen LogP contribution in [0.3, 0.4) is 0 Å². The molecule has 0 aliphatic heterocycles. The molecule has 2 aromatic rings. The Morgan fingerprint density at radius 2 is 2.00 bits per heavy atom. The number of hydrogen-bond acceptors (Lipinski definition) is 4. The Morgan fingerprint density at radius 3 is 2.75 bits per heavy atom. The summed E-state index contributed by atoms with van der Waals surface area (Å²) in [5, 5.41) is 24.8. The van der Waals surface area contributed by atoms with Crippen molar-refractivity contribution in [2.24, 2.45) is 0 Å². The van der Waals surface area contributed by atoms with Crippen LogP contribution in [0, 0.1) is 16.6 Å². The van der Waals surface area contributed by atoms with Gasteiger partial charge in [-0.15, -0.1) is 11.8 Å². The van der Waals surface area contributed by atoms with Gasteiger partial charge in [0.05, 0.1) is 6.61 Å². The first kappa shape index (κ1) is 14.5. The largest absolute Gasteiger partial charge is 0.396 e. The van der Waals surface area contributed by atoms with Crippen LogP contribution in [-0.4, -0.2) is 27.9 Å². The fourth-order valence-electron chi connectivity index (χ4n) is 1.73. The van der Waals surface area contributed by atoms with E-state index in [1.165, 1.54) is 28.5 Å². The summed E-state index contributed by atoms with van der Waals surface area (Å²) in [4.78, 5) is 0.822.